The fraction of sp³-hybridized carbons (Fsp3) is 0.735. The molecule has 102 heavy (non-hydrogen) atoms. The quantitative estimate of drug-likeness (QED) is 0.0169. The second-order valence-corrected chi connectivity index (χ2v) is 29.5. The van der Waals surface area contributed by atoms with Gasteiger partial charge in [0.05, 0.1) is 26.4 Å². The highest BCUT2D eigenvalue weighted by atomic mass is 31.2. The molecule has 0 rings (SSSR count). The Balaban J connectivity index is 5.38. The molecule has 17 nitrogen and oxygen atoms in total. The van der Waals surface area contributed by atoms with Crippen molar-refractivity contribution in [1.29, 1.82) is 0 Å². The lowest BCUT2D eigenvalue weighted by atomic mass is 10.0. The first kappa shape index (κ1) is 97.7. The third-order valence-electron chi connectivity index (χ3n) is 16.7. The van der Waals surface area contributed by atoms with Gasteiger partial charge in [-0.1, -0.05) is 291 Å². The monoisotopic (exact) mass is 1470 g/mol. The minimum Gasteiger partial charge on any atom is -0.462 e. The van der Waals surface area contributed by atoms with Gasteiger partial charge in [0.2, 0.25) is 0 Å². The number of phosphoric acid groups is 2. The molecule has 588 valence electrons. The predicted octanol–water partition coefficient (Wildman–Crippen LogP) is 23.3. The van der Waals surface area contributed by atoms with E-state index in [0.29, 0.717) is 25.7 Å². The summed E-state index contributed by atoms with van der Waals surface area (Å²) in [5.74, 6) is -2.24. The molecule has 0 heterocycles. The first-order chi connectivity index (χ1) is 49.7. The number of unbranched alkanes of at least 4 members (excludes halogenated alkanes) is 31. The number of rotatable bonds is 75. The van der Waals surface area contributed by atoms with Crippen LogP contribution in [0.5, 0.6) is 0 Å². The minimum atomic E-state index is -4.99. The van der Waals surface area contributed by atoms with Crippen LogP contribution in [0.2, 0.25) is 0 Å². The third kappa shape index (κ3) is 74.0. The molecule has 0 aromatic carbocycles. The Bertz CT molecular complexity index is 2360. The summed E-state index contributed by atoms with van der Waals surface area (Å²) in [4.78, 5) is 73.0. The summed E-state index contributed by atoms with van der Waals surface area (Å²) in [6, 6.07) is 0. The number of phosphoric ester groups is 2. The Labute approximate surface area is 619 Å². The van der Waals surface area contributed by atoms with Crippen molar-refractivity contribution in [2.75, 3.05) is 39.6 Å². The van der Waals surface area contributed by atoms with E-state index in [1.165, 1.54) is 83.5 Å². The van der Waals surface area contributed by atoms with Crippen molar-refractivity contribution in [2.24, 2.45) is 0 Å². The molecule has 0 fully saturated rings. The number of aliphatic hydroxyl groups is 1. The van der Waals surface area contributed by atoms with E-state index >= 15 is 0 Å². The summed E-state index contributed by atoms with van der Waals surface area (Å²) in [5, 5.41) is 10.6. The molecule has 0 spiro atoms. The van der Waals surface area contributed by atoms with E-state index in [9.17, 15) is 43.2 Å². The second kappa shape index (κ2) is 75.0. The fourth-order valence-corrected chi connectivity index (χ4v) is 12.2. The maximum Gasteiger partial charge on any atom is 0.472 e. The summed E-state index contributed by atoms with van der Waals surface area (Å²) in [6.07, 6.45) is 80.7. The summed E-state index contributed by atoms with van der Waals surface area (Å²) < 4.78 is 68.6. The van der Waals surface area contributed by atoms with Crippen LogP contribution in [0.25, 0.3) is 0 Å². The largest absolute Gasteiger partial charge is 0.472 e. The van der Waals surface area contributed by atoms with Crippen molar-refractivity contribution < 1.29 is 80.2 Å². The number of aliphatic hydroxyl groups excluding tert-OH is 1. The van der Waals surface area contributed by atoms with Crippen LogP contribution in [0.3, 0.4) is 0 Å². The van der Waals surface area contributed by atoms with Gasteiger partial charge in [-0.25, -0.2) is 9.13 Å². The summed E-state index contributed by atoms with van der Waals surface area (Å²) in [6.45, 7) is 4.63. The van der Waals surface area contributed by atoms with Crippen LogP contribution in [-0.4, -0.2) is 96.7 Å². The molecule has 3 N–H and O–H groups in total. The zero-order valence-electron chi connectivity index (χ0n) is 64.3. The number of ether oxygens (including phenoxy) is 4. The van der Waals surface area contributed by atoms with E-state index in [1.807, 2.05) is 0 Å². The van der Waals surface area contributed by atoms with E-state index in [0.717, 1.165) is 173 Å². The van der Waals surface area contributed by atoms with E-state index < -0.39 is 97.5 Å². The lowest BCUT2D eigenvalue weighted by Crippen LogP contribution is -2.30. The Kier molecular flexibility index (Phi) is 71.8. The third-order valence-corrected chi connectivity index (χ3v) is 18.6. The Hall–Kier alpha value is -4.28. The first-order valence-corrected chi connectivity index (χ1v) is 43.1. The van der Waals surface area contributed by atoms with Gasteiger partial charge in [0.15, 0.2) is 12.2 Å². The molecule has 0 aliphatic carbocycles. The Morgan fingerprint density at radius 3 is 0.863 bits per heavy atom. The topological polar surface area (TPSA) is 237 Å². The normalized spacial score (nSPS) is 14.5. The molecule has 5 atom stereocenters. The molecule has 0 amide bonds. The van der Waals surface area contributed by atoms with Crippen LogP contribution < -0.4 is 0 Å². The first-order valence-electron chi connectivity index (χ1n) is 40.1. The summed E-state index contributed by atoms with van der Waals surface area (Å²) >= 11 is 0. The number of hydrogen-bond acceptors (Lipinski definition) is 15. The van der Waals surface area contributed by atoms with Crippen LogP contribution in [0, 0.1) is 0 Å². The fourth-order valence-electron chi connectivity index (χ4n) is 10.6. The predicted molar refractivity (Wildman–Crippen MR) is 418 cm³/mol. The molecule has 0 bridgehead atoms. The highest BCUT2D eigenvalue weighted by Gasteiger charge is 2.30. The molecule has 0 aromatic rings. The van der Waals surface area contributed by atoms with Gasteiger partial charge in [0.1, 0.15) is 19.3 Å². The highest BCUT2D eigenvalue weighted by molar-refractivity contribution is 7.47. The Morgan fingerprint density at radius 1 is 0.284 bits per heavy atom. The standard InChI is InChI=1S/C83H144O17P2/c1-5-9-13-17-21-25-29-33-36-37-38-39-42-45-48-52-56-60-64-68-81(86)94-74-79(100-83(88)70-66-62-58-54-50-46-41-35-31-27-23-19-15-11-7-3)76-98-102(91,92)96-72-77(84)71-95-101(89,90)97-75-78(99-82(87)69-65-61-57-53-49-43-32-28-24-20-16-12-8-4)73-93-80(85)67-63-59-55-51-47-44-40-34-30-26-22-18-14-10-6-2/h10,14,16,20-22,25-26,28,32-34,36,38-40,47,51,77-79,84H,5-9,11-13,15,17-19,23-24,27,29-31,35,37,41-46,48-50,52-76H2,1-4H3,(H,89,90)(H,91,92)/b14-10-,20-16-,25-21-,26-22-,32-28-,36-33-,39-38-,40-34-,51-47-. The highest BCUT2D eigenvalue weighted by Crippen LogP contribution is 2.45. The van der Waals surface area contributed by atoms with Crippen molar-refractivity contribution in [1.82, 2.24) is 0 Å². The van der Waals surface area contributed by atoms with Crippen LogP contribution in [0.1, 0.15) is 336 Å². The van der Waals surface area contributed by atoms with Gasteiger partial charge >= 0.3 is 39.5 Å². The zero-order valence-corrected chi connectivity index (χ0v) is 66.0. The molecular weight excluding hydrogens is 1330 g/mol. The SMILES string of the molecule is CC/C=C\C/C=C\C/C=C\C/C=C\CCCCC(=O)OCC(COP(=O)(O)OCC(O)COP(=O)(O)OCC(COC(=O)CCCCCCCC/C=C\C/C=C\C/C=C\CCCCC)OC(=O)CCCCCCCCCCCCCCCCC)OC(=O)CCCCCCC/C=C\C/C=C\CCC. The molecular formula is C83H144O17P2. The van der Waals surface area contributed by atoms with Crippen LogP contribution in [-0.2, 0) is 65.4 Å². The number of carbonyl (C=O) groups is 4. The summed E-state index contributed by atoms with van der Waals surface area (Å²) in [5.41, 5.74) is 0. The zero-order chi connectivity index (χ0) is 74.6. The van der Waals surface area contributed by atoms with E-state index in [4.69, 9.17) is 37.0 Å². The average molecular weight is 1480 g/mol. The lowest BCUT2D eigenvalue weighted by molar-refractivity contribution is -0.161. The molecule has 0 aliphatic rings. The number of carbonyl (C=O) groups excluding carboxylic acids is 4. The van der Waals surface area contributed by atoms with Gasteiger partial charge in [-0.05, 0) is 128 Å². The van der Waals surface area contributed by atoms with E-state index in [-0.39, 0.29) is 25.7 Å². The lowest BCUT2D eigenvalue weighted by Gasteiger charge is -2.21. The molecule has 0 saturated heterocycles. The van der Waals surface area contributed by atoms with E-state index in [2.05, 4.69) is 137 Å². The van der Waals surface area contributed by atoms with Crippen LogP contribution in [0.15, 0.2) is 109 Å². The molecule has 0 aromatic heterocycles. The van der Waals surface area contributed by atoms with Gasteiger partial charge in [0.25, 0.3) is 0 Å². The van der Waals surface area contributed by atoms with Gasteiger partial charge in [-0.3, -0.25) is 37.3 Å². The van der Waals surface area contributed by atoms with Crippen molar-refractivity contribution in [3.63, 3.8) is 0 Å². The molecule has 0 aliphatic heterocycles. The smallest absolute Gasteiger partial charge is 0.462 e. The average Bonchev–Trinajstić information content (AvgIpc) is 0.909. The number of esters is 4. The van der Waals surface area contributed by atoms with Gasteiger partial charge in [0, 0.05) is 25.7 Å². The molecule has 0 saturated carbocycles. The second-order valence-electron chi connectivity index (χ2n) is 26.6. The van der Waals surface area contributed by atoms with E-state index in [1.54, 1.807) is 0 Å². The van der Waals surface area contributed by atoms with Gasteiger partial charge in [-0.2, -0.15) is 0 Å². The van der Waals surface area contributed by atoms with Crippen LogP contribution in [0.4, 0.5) is 0 Å². The van der Waals surface area contributed by atoms with Crippen molar-refractivity contribution in [3.8, 4) is 0 Å². The van der Waals surface area contributed by atoms with Crippen molar-refractivity contribution in [3.05, 3.63) is 109 Å². The van der Waals surface area contributed by atoms with Gasteiger partial charge in [-0.15, -0.1) is 0 Å². The number of allylic oxidation sites excluding steroid dienone is 18. The minimum absolute atomic E-state index is 0.0685. The molecule has 5 unspecified atom stereocenters. The maximum atomic E-state index is 13.1. The summed E-state index contributed by atoms with van der Waals surface area (Å²) in [7, 11) is -9.97. The molecule has 19 heteroatoms. The maximum absolute atomic E-state index is 13.1. The van der Waals surface area contributed by atoms with Crippen LogP contribution >= 0.6 is 15.6 Å². The van der Waals surface area contributed by atoms with Gasteiger partial charge < -0.3 is 33.8 Å². The number of hydrogen-bond donors (Lipinski definition) is 3. The van der Waals surface area contributed by atoms with Crippen molar-refractivity contribution >= 4 is 39.5 Å². The Morgan fingerprint density at radius 2 is 0.529 bits per heavy atom. The molecule has 0 radical (unpaired) electrons. The van der Waals surface area contributed by atoms with Crippen molar-refractivity contribution in [2.45, 2.75) is 354 Å².